The van der Waals surface area contributed by atoms with Crippen LogP contribution < -0.4 is 5.32 Å². The van der Waals surface area contributed by atoms with Gasteiger partial charge in [-0.05, 0) is 75.6 Å². The number of nitrogens with one attached hydrogen (secondary N) is 1. The SMILES string of the molecule is Cc1cnn(C2CC(c3cc4c(C)nc5c(F)c(-c6cccc(Cl)c6Cl)c(CCC#N)cc5c4n3C3C4CNC3C4)N(C(=O)C3CC3)C2)n1. The van der Waals surface area contributed by atoms with Gasteiger partial charge in [-0.15, -0.1) is 0 Å². The minimum absolute atomic E-state index is 0.0555. The number of pyridine rings is 1. The van der Waals surface area contributed by atoms with E-state index in [0.717, 1.165) is 48.1 Å². The van der Waals surface area contributed by atoms with E-state index in [1.807, 2.05) is 19.9 Å². The lowest BCUT2D eigenvalue weighted by molar-refractivity contribution is -0.133. The van der Waals surface area contributed by atoms with Gasteiger partial charge in [0, 0.05) is 64.8 Å². The maximum absolute atomic E-state index is 17.1. The lowest BCUT2D eigenvalue weighted by Crippen LogP contribution is -2.41. The minimum atomic E-state index is -0.477. The van der Waals surface area contributed by atoms with Crippen LogP contribution in [0.4, 0.5) is 4.39 Å². The van der Waals surface area contributed by atoms with Crippen LogP contribution in [0.3, 0.4) is 0 Å². The molecule has 250 valence electrons. The average molecular weight is 698 g/mol. The first-order valence-electron chi connectivity index (χ1n) is 17.1. The van der Waals surface area contributed by atoms with Crippen LogP contribution in [-0.4, -0.2) is 54.5 Å². The Labute approximate surface area is 293 Å². The highest BCUT2D eigenvalue weighted by Gasteiger charge is 2.51. The van der Waals surface area contributed by atoms with E-state index < -0.39 is 5.82 Å². The fourth-order valence-electron chi connectivity index (χ4n) is 8.70. The van der Waals surface area contributed by atoms with E-state index >= 15 is 4.39 Å². The summed E-state index contributed by atoms with van der Waals surface area (Å²) >= 11 is 13.1. The van der Waals surface area contributed by atoms with Crippen molar-refractivity contribution < 1.29 is 9.18 Å². The van der Waals surface area contributed by atoms with E-state index in [1.54, 1.807) is 29.2 Å². The van der Waals surface area contributed by atoms with Crippen molar-refractivity contribution in [3.8, 4) is 17.2 Å². The van der Waals surface area contributed by atoms with Crippen LogP contribution in [0.25, 0.3) is 32.9 Å². The molecule has 5 atom stereocenters. The Kier molecular flexibility index (Phi) is 7.28. The van der Waals surface area contributed by atoms with Gasteiger partial charge in [-0.3, -0.25) is 4.79 Å². The van der Waals surface area contributed by atoms with Gasteiger partial charge in [-0.2, -0.15) is 20.3 Å². The first-order valence-corrected chi connectivity index (χ1v) is 17.9. The number of halogens is 3. The molecule has 49 heavy (non-hydrogen) atoms. The molecule has 3 aliphatic heterocycles. The minimum Gasteiger partial charge on any atom is -0.337 e. The topological polar surface area (TPSA) is 105 Å². The molecule has 3 saturated heterocycles. The van der Waals surface area contributed by atoms with Crippen LogP contribution in [0.2, 0.25) is 10.0 Å². The molecule has 5 aliphatic rings. The van der Waals surface area contributed by atoms with Gasteiger partial charge in [0.25, 0.3) is 0 Å². The molecule has 12 heteroatoms. The van der Waals surface area contributed by atoms with E-state index in [2.05, 4.69) is 37.1 Å². The molecule has 5 fully saturated rings. The number of nitriles is 1. The highest BCUT2D eigenvalue weighted by atomic mass is 35.5. The van der Waals surface area contributed by atoms with E-state index in [1.165, 1.54) is 0 Å². The monoisotopic (exact) mass is 696 g/mol. The quantitative estimate of drug-likeness (QED) is 0.190. The average Bonchev–Trinajstić information content (AvgIpc) is 3.54. The molecule has 6 heterocycles. The molecule has 5 unspecified atom stereocenters. The molecular weight excluding hydrogens is 662 g/mol. The van der Waals surface area contributed by atoms with Crippen LogP contribution in [0.15, 0.2) is 36.5 Å². The number of rotatable bonds is 7. The third kappa shape index (κ3) is 4.80. The van der Waals surface area contributed by atoms with Gasteiger partial charge in [0.15, 0.2) is 5.82 Å². The van der Waals surface area contributed by atoms with Crippen molar-refractivity contribution in [1.29, 1.82) is 5.26 Å². The Morgan fingerprint density at radius 1 is 1.16 bits per heavy atom. The number of nitrogens with zero attached hydrogens (tertiary/aromatic N) is 7. The molecule has 1 amide bonds. The molecule has 5 aromatic rings. The summed E-state index contributed by atoms with van der Waals surface area (Å²) in [6.07, 6.45) is 5.92. The largest absolute Gasteiger partial charge is 0.337 e. The summed E-state index contributed by atoms with van der Waals surface area (Å²) in [5.74, 6) is 0.201. The Hall–Kier alpha value is -4.04. The van der Waals surface area contributed by atoms with Crippen molar-refractivity contribution in [3.63, 3.8) is 0 Å². The number of likely N-dealkylation sites (tertiary alicyclic amines) is 1. The zero-order valence-corrected chi connectivity index (χ0v) is 28.8. The van der Waals surface area contributed by atoms with Gasteiger partial charge in [-0.25, -0.2) is 9.37 Å². The Balaban J connectivity index is 1.30. The molecule has 0 spiro atoms. The lowest BCUT2D eigenvalue weighted by atomic mass is 9.79. The Morgan fingerprint density at radius 2 is 2.00 bits per heavy atom. The third-order valence-corrected chi connectivity index (χ3v) is 12.0. The summed E-state index contributed by atoms with van der Waals surface area (Å²) < 4.78 is 19.6. The van der Waals surface area contributed by atoms with Gasteiger partial charge in [0.1, 0.15) is 5.52 Å². The summed E-state index contributed by atoms with van der Waals surface area (Å²) in [4.78, 5) is 22.7. The molecule has 2 aromatic carbocycles. The second-order valence-corrected chi connectivity index (χ2v) is 15.0. The van der Waals surface area contributed by atoms with Gasteiger partial charge in [0.05, 0.1) is 51.6 Å². The number of carbonyl (C=O) groups is 1. The molecular formula is C37H35Cl2FN8O. The van der Waals surface area contributed by atoms with Crippen LogP contribution in [0.5, 0.6) is 0 Å². The van der Waals surface area contributed by atoms with E-state index in [0.29, 0.717) is 58.1 Å². The van der Waals surface area contributed by atoms with Crippen molar-refractivity contribution in [2.24, 2.45) is 11.8 Å². The third-order valence-electron chi connectivity index (χ3n) is 11.2. The number of aromatic nitrogens is 5. The van der Waals surface area contributed by atoms with Crippen molar-refractivity contribution in [3.05, 3.63) is 75.0 Å². The molecule has 3 aromatic heterocycles. The second kappa shape index (κ2) is 11.5. The first kappa shape index (κ1) is 31.0. The molecule has 0 radical (unpaired) electrons. The number of benzene rings is 2. The summed E-state index contributed by atoms with van der Waals surface area (Å²) in [7, 11) is 0. The summed E-state index contributed by atoms with van der Waals surface area (Å²) in [6.45, 7) is 5.32. The normalized spacial score (nSPS) is 24.6. The highest BCUT2D eigenvalue weighted by molar-refractivity contribution is 6.43. The summed E-state index contributed by atoms with van der Waals surface area (Å²) in [5.41, 5.74) is 5.28. The van der Waals surface area contributed by atoms with Crippen LogP contribution in [0.1, 0.15) is 72.9 Å². The number of fused-ring (bicyclic) bond motifs is 4. The fraction of sp³-hybridized carbons (Fsp3) is 0.432. The Bertz CT molecular complexity index is 2220. The maximum Gasteiger partial charge on any atom is 0.226 e. The molecule has 2 bridgehead atoms. The van der Waals surface area contributed by atoms with E-state index in [4.69, 9.17) is 28.2 Å². The van der Waals surface area contributed by atoms with E-state index in [9.17, 15) is 10.1 Å². The smallest absolute Gasteiger partial charge is 0.226 e. The number of carbonyl (C=O) groups excluding carboxylic acids is 1. The summed E-state index contributed by atoms with van der Waals surface area (Å²) in [5, 5.41) is 24.7. The second-order valence-electron chi connectivity index (χ2n) is 14.3. The van der Waals surface area contributed by atoms with Gasteiger partial charge in [0.2, 0.25) is 5.91 Å². The molecule has 1 N–H and O–H groups in total. The van der Waals surface area contributed by atoms with Gasteiger partial charge < -0.3 is 14.8 Å². The number of aryl methyl sites for hydroxylation is 3. The maximum atomic E-state index is 17.1. The number of hydrogen-bond donors (Lipinski definition) is 1. The first-order chi connectivity index (χ1) is 23.7. The predicted molar refractivity (Wildman–Crippen MR) is 186 cm³/mol. The molecule has 9 nitrogen and oxygen atoms in total. The molecule has 2 saturated carbocycles. The lowest BCUT2D eigenvalue weighted by Gasteiger charge is -2.39. The van der Waals surface area contributed by atoms with Crippen molar-refractivity contribution in [1.82, 2.24) is 34.8 Å². The zero-order chi connectivity index (χ0) is 33.7. The van der Waals surface area contributed by atoms with Crippen LogP contribution >= 0.6 is 23.2 Å². The van der Waals surface area contributed by atoms with Crippen molar-refractivity contribution in [2.45, 2.75) is 76.5 Å². The zero-order valence-electron chi connectivity index (χ0n) is 27.3. The van der Waals surface area contributed by atoms with Crippen LogP contribution in [-0.2, 0) is 11.2 Å². The number of hydrogen-bond acceptors (Lipinski definition) is 6. The molecule has 2 aliphatic carbocycles. The fourth-order valence-corrected chi connectivity index (χ4v) is 9.10. The van der Waals surface area contributed by atoms with Crippen LogP contribution in [0, 0.1) is 42.8 Å². The van der Waals surface area contributed by atoms with Gasteiger partial charge >= 0.3 is 0 Å². The van der Waals surface area contributed by atoms with E-state index in [-0.39, 0.29) is 53.0 Å². The predicted octanol–water partition coefficient (Wildman–Crippen LogP) is 7.42. The van der Waals surface area contributed by atoms with Gasteiger partial charge in [-0.1, -0.05) is 35.3 Å². The highest BCUT2D eigenvalue weighted by Crippen LogP contribution is 2.52. The van der Waals surface area contributed by atoms with Crippen molar-refractivity contribution >= 4 is 50.9 Å². The number of amides is 1. The summed E-state index contributed by atoms with van der Waals surface area (Å²) in [6, 6.07) is 11.8. The molecule has 10 rings (SSSR count). The Morgan fingerprint density at radius 3 is 2.69 bits per heavy atom. The van der Waals surface area contributed by atoms with Crippen molar-refractivity contribution in [2.75, 3.05) is 13.1 Å². The standard InChI is InChI=1S/C37H35Cl2FN8O/c1-18-15-43-48(45-18)23-13-29(46(17-23)37(49)20-8-9-20)30-14-25-19(2)44-34-26(36(25)47(30)35-22-12-28(35)42-16-22)11-21(5-4-10-41)31(33(34)40)24-6-3-7-27(38)32(24)39/h3,6-7,11,14-15,20,22-23,28-29,35,42H,4-5,8-9,12-13,16-17H2,1-2H3.